The minimum atomic E-state index is -0.0641. The Balaban J connectivity index is 1.57. The summed E-state index contributed by atoms with van der Waals surface area (Å²) in [6, 6.07) is 8.32. The van der Waals surface area contributed by atoms with E-state index in [0.29, 0.717) is 5.92 Å². The van der Waals surface area contributed by atoms with E-state index < -0.39 is 0 Å². The van der Waals surface area contributed by atoms with Gasteiger partial charge in [-0.1, -0.05) is 24.3 Å². The Morgan fingerprint density at radius 3 is 3.00 bits per heavy atom. The van der Waals surface area contributed by atoms with Crippen LogP contribution in [0.4, 0.5) is 0 Å². The van der Waals surface area contributed by atoms with E-state index in [9.17, 15) is 4.79 Å². The zero-order valence-electron chi connectivity index (χ0n) is 12.7. The number of ether oxygens (including phenoxy) is 1. The standard InChI is InChI=1S/C17H24N2O2/c1-2-21-12-13-7-8-19(11-13)17(20)16-9-14-5-3-4-6-15(14)10-18-16/h3-6,13,16,18H,2,7-12H2,1H3/t13-,16-/m0/s1. The van der Waals surface area contributed by atoms with Crippen molar-refractivity contribution >= 4 is 5.91 Å². The van der Waals surface area contributed by atoms with Gasteiger partial charge in [-0.05, 0) is 30.9 Å². The summed E-state index contributed by atoms with van der Waals surface area (Å²) in [5.74, 6) is 0.758. The van der Waals surface area contributed by atoms with Gasteiger partial charge in [-0.2, -0.15) is 0 Å². The molecule has 1 aromatic rings. The predicted octanol–water partition coefficient (Wildman–Crippen LogP) is 1.59. The van der Waals surface area contributed by atoms with E-state index in [-0.39, 0.29) is 11.9 Å². The van der Waals surface area contributed by atoms with Gasteiger partial charge in [0.1, 0.15) is 0 Å². The summed E-state index contributed by atoms with van der Waals surface area (Å²) in [6.07, 6.45) is 1.87. The molecule has 2 aliphatic rings. The SMILES string of the molecule is CCOC[C@H]1CCN(C(=O)[C@@H]2Cc3ccccc3CN2)C1. The molecule has 21 heavy (non-hydrogen) atoms. The molecule has 0 aromatic heterocycles. The fourth-order valence-corrected chi connectivity index (χ4v) is 3.30. The second kappa shape index (κ2) is 6.58. The number of hydrogen-bond acceptors (Lipinski definition) is 3. The van der Waals surface area contributed by atoms with Gasteiger partial charge >= 0.3 is 0 Å². The highest BCUT2D eigenvalue weighted by molar-refractivity contribution is 5.82. The van der Waals surface area contributed by atoms with Gasteiger partial charge in [-0.3, -0.25) is 4.79 Å². The normalized spacial score (nSPS) is 24.9. The van der Waals surface area contributed by atoms with Gasteiger partial charge in [-0.15, -0.1) is 0 Å². The lowest BCUT2D eigenvalue weighted by molar-refractivity contribution is -0.132. The molecule has 0 radical (unpaired) electrons. The molecule has 0 unspecified atom stereocenters. The Bertz CT molecular complexity index is 503. The van der Waals surface area contributed by atoms with Crippen molar-refractivity contribution < 1.29 is 9.53 Å². The molecule has 2 atom stereocenters. The first-order valence-corrected chi connectivity index (χ1v) is 7.94. The third kappa shape index (κ3) is 3.27. The van der Waals surface area contributed by atoms with Crippen LogP contribution in [-0.2, 0) is 22.5 Å². The van der Waals surface area contributed by atoms with Crippen LogP contribution in [0.5, 0.6) is 0 Å². The van der Waals surface area contributed by atoms with Crippen LogP contribution >= 0.6 is 0 Å². The Kier molecular flexibility index (Phi) is 4.56. The first-order chi connectivity index (χ1) is 10.3. The van der Waals surface area contributed by atoms with Crippen LogP contribution in [0.2, 0.25) is 0 Å². The molecule has 2 heterocycles. The van der Waals surface area contributed by atoms with E-state index in [1.807, 2.05) is 11.8 Å². The topological polar surface area (TPSA) is 41.6 Å². The van der Waals surface area contributed by atoms with Gasteiger partial charge in [0, 0.05) is 32.2 Å². The van der Waals surface area contributed by atoms with Crippen molar-refractivity contribution in [3.63, 3.8) is 0 Å². The van der Waals surface area contributed by atoms with Gasteiger partial charge in [0.25, 0.3) is 0 Å². The Morgan fingerprint density at radius 1 is 1.38 bits per heavy atom. The first-order valence-electron chi connectivity index (χ1n) is 7.94. The van der Waals surface area contributed by atoms with Crippen molar-refractivity contribution in [2.75, 3.05) is 26.3 Å². The molecular weight excluding hydrogens is 264 g/mol. The van der Waals surface area contributed by atoms with Crippen LogP contribution in [0.15, 0.2) is 24.3 Å². The van der Waals surface area contributed by atoms with Gasteiger partial charge in [0.15, 0.2) is 0 Å². The van der Waals surface area contributed by atoms with Crippen LogP contribution in [0.25, 0.3) is 0 Å². The van der Waals surface area contributed by atoms with Crippen molar-refractivity contribution in [3.05, 3.63) is 35.4 Å². The Labute approximate surface area is 126 Å². The minimum Gasteiger partial charge on any atom is -0.381 e. The number of rotatable bonds is 4. The first kappa shape index (κ1) is 14.5. The number of nitrogens with one attached hydrogen (secondary N) is 1. The maximum absolute atomic E-state index is 12.7. The van der Waals surface area contributed by atoms with Crippen molar-refractivity contribution in [3.8, 4) is 0 Å². The number of carbonyl (C=O) groups excluding carboxylic acids is 1. The summed E-state index contributed by atoms with van der Waals surface area (Å²) in [7, 11) is 0. The second-order valence-corrected chi connectivity index (χ2v) is 6.00. The predicted molar refractivity (Wildman–Crippen MR) is 82.0 cm³/mol. The molecule has 1 aromatic carbocycles. The van der Waals surface area contributed by atoms with E-state index in [2.05, 4.69) is 29.6 Å². The number of amides is 1. The molecule has 0 bridgehead atoms. The molecule has 1 amide bonds. The van der Waals surface area contributed by atoms with E-state index in [0.717, 1.165) is 45.7 Å². The number of nitrogens with zero attached hydrogens (tertiary/aromatic N) is 1. The molecule has 0 saturated carbocycles. The van der Waals surface area contributed by atoms with Crippen LogP contribution < -0.4 is 5.32 Å². The number of benzene rings is 1. The van der Waals surface area contributed by atoms with E-state index in [1.165, 1.54) is 11.1 Å². The van der Waals surface area contributed by atoms with Crippen molar-refractivity contribution in [2.24, 2.45) is 5.92 Å². The lowest BCUT2D eigenvalue weighted by Gasteiger charge is -2.29. The Hall–Kier alpha value is -1.39. The molecular formula is C17H24N2O2. The lowest BCUT2D eigenvalue weighted by atomic mass is 9.95. The summed E-state index contributed by atoms with van der Waals surface area (Å²) in [4.78, 5) is 14.7. The van der Waals surface area contributed by atoms with Crippen molar-refractivity contribution in [2.45, 2.75) is 32.4 Å². The smallest absolute Gasteiger partial charge is 0.240 e. The fourth-order valence-electron chi connectivity index (χ4n) is 3.30. The second-order valence-electron chi connectivity index (χ2n) is 6.00. The largest absolute Gasteiger partial charge is 0.381 e. The highest BCUT2D eigenvalue weighted by Gasteiger charge is 2.32. The number of fused-ring (bicyclic) bond motifs is 1. The molecule has 0 spiro atoms. The van der Waals surface area contributed by atoms with Crippen molar-refractivity contribution in [1.29, 1.82) is 0 Å². The van der Waals surface area contributed by atoms with Crippen LogP contribution in [-0.4, -0.2) is 43.2 Å². The third-order valence-electron chi connectivity index (χ3n) is 4.53. The molecule has 1 saturated heterocycles. The van der Waals surface area contributed by atoms with Crippen molar-refractivity contribution in [1.82, 2.24) is 10.2 Å². The van der Waals surface area contributed by atoms with Gasteiger partial charge < -0.3 is 15.0 Å². The van der Waals surface area contributed by atoms with Crippen LogP contribution in [0.1, 0.15) is 24.5 Å². The molecule has 1 fully saturated rings. The van der Waals surface area contributed by atoms with Gasteiger partial charge in [0.05, 0.1) is 12.6 Å². The highest BCUT2D eigenvalue weighted by atomic mass is 16.5. The Morgan fingerprint density at radius 2 is 2.19 bits per heavy atom. The lowest BCUT2D eigenvalue weighted by Crippen LogP contribution is -2.48. The fraction of sp³-hybridized carbons (Fsp3) is 0.588. The highest BCUT2D eigenvalue weighted by Crippen LogP contribution is 2.21. The number of carbonyl (C=O) groups is 1. The zero-order valence-corrected chi connectivity index (χ0v) is 12.7. The molecule has 4 heteroatoms. The zero-order chi connectivity index (χ0) is 14.7. The third-order valence-corrected chi connectivity index (χ3v) is 4.53. The van der Waals surface area contributed by atoms with Crippen LogP contribution in [0.3, 0.4) is 0 Å². The van der Waals surface area contributed by atoms with Gasteiger partial charge in [-0.25, -0.2) is 0 Å². The average molecular weight is 288 g/mol. The quantitative estimate of drug-likeness (QED) is 0.915. The summed E-state index contributed by atoms with van der Waals surface area (Å²) < 4.78 is 5.48. The maximum atomic E-state index is 12.7. The summed E-state index contributed by atoms with van der Waals surface area (Å²) in [6.45, 7) is 6.06. The number of hydrogen-bond donors (Lipinski definition) is 1. The molecule has 2 aliphatic heterocycles. The molecule has 3 rings (SSSR count). The maximum Gasteiger partial charge on any atom is 0.240 e. The number of likely N-dealkylation sites (tertiary alicyclic amines) is 1. The molecule has 114 valence electrons. The molecule has 4 nitrogen and oxygen atoms in total. The summed E-state index contributed by atoms with van der Waals surface area (Å²) in [5, 5.41) is 3.39. The molecule has 1 N–H and O–H groups in total. The van der Waals surface area contributed by atoms with E-state index >= 15 is 0 Å². The van der Waals surface area contributed by atoms with Crippen LogP contribution in [0, 0.1) is 5.92 Å². The average Bonchev–Trinajstić information content (AvgIpc) is 3.00. The minimum absolute atomic E-state index is 0.0641. The summed E-state index contributed by atoms with van der Waals surface area (Å²) in [5.41, 5.74) is 2.62. The van der Waals surface area contributed by atoms with E-state index in [4.69, 9.17) is 4.74 Å². The summed E-state index contributed by atoms with van der Waals surface area (Å²) >= 11 is 0. The monoisotopic (exact) mass is 288 g/mol. The molecule has 0 aliphatic carbocycles. The van der Waals surface area contributed by atoms with E-state index in [1.54, 1.807) is 0 Å². The van der Waals surface area contributed by atoms with Gasteiger partial charge in [0.2, 0.25) is 5.91 Å².